The van der Waals surface area contributed by atoms with Crippen LogP contribution < -0.4 is 38.1 Å². The Morgan fingerprint density at radius 3 is 2.30 bits per heavy atom. The highest BCUT2D eigenvalue weighted by Gasteiger charge is 2.41. The number of primary amides is 1. The number of carbonyl (C=O) groups excluding carboxylic acids is 6. The molecule has 6 atom stereocenters. The van der Waals surface area contributed by atoms with E-state index in [9.17, 15) is 28.8 Å². The minimum Gasteiger partial charge on any atom is -0.370 e. The van der Waals surface area contributed by atoms with Crippen molar-refractivity contribution in [3.63, 3.8) is 0 Å². The molecule has 6 amide bonds. The Morgan fingerprint density at radius 2 is 1.54 bits per heavy atom. The van der Waals surface area contributed by atoms with Crippen molar-refractivity contribution in [3.8, 4) is 0 Å². The first-order chi connectivity index (χ1) is 29.4. The number of guanidine groups is 1. The first-order valence-electron chi connectivity index (χ1n) is 21.2. The lowest BCUT2D eigenvalue weighted by atomic mass is 9.84. The zero-order chi connectivity index (χ0) is 43.0. The molecule has 3 aromatic rings. The summed E-state index contributed by atoms with van der Waals surface area (Å²) in [5.74, 6) is -3.12. The first kappa shape index (κ1) is 43.2. The van der Waals surface area contributed by atoms with Crippen LogP contribution in [0.5, 0.6) is 0 Å². The molecule has 5 heterocycles. The van der Waals surface area contributed by atoms with Crippen LogP contribution in [0.2, 0.25) is 0 Å². The molecule has 1 aliphatic carbocycles. The number of benzene rings is 2. The fourth-order valence-electron chi connectivity index (χ4n) is 8.86. The Labute approximate surface area is 358 Å². The normalized spacial score (nSPS) is 25.7. The van der Waals surface area contributed by atoms with Gasteiger partial charge in [0.25, 0.3) is 0 Å². The van der Waals surface area contributed by atoms with Crippen molar-refractivity contribution in [3.05, 3.63) is 71.4 Å². The third kappa shape index (κ3) is 10.5. The molecule has 0 unspecified atom stereocenters. The lowest BCUT2D eigenvalue weighted by Crippen LogP contribution is -2.59. The van der Waals surface area contributed by atoms with E-state index in [0.29, 0.717) is 54.2 Å². The Morgan fingerprint density at radius 1 is 0.836 bits per heavy atom. The van der Waals surface area contributed by atoms with Crippen LogP contribution in [-0.2, 0) is 35.2 Å². The molecule has 4 aliphatic heterocycles. The van der Waals surface area contributed by atoms with Crippen molar-refractivity contribution < 1.29 is 28.8 Å². The molecule has 4 bridgehead atoms. The SMILES string of the molecule is N=C(N)NCCC[C@H]1NC(=O)[C@H](Cc2c[nH]c3ccccc23)NC(=O)[C@@H](CC2CCCCC2)NC(=O)[C@@H]2CCCN2C(=O)[C@@H]2CSC(=N2)c2ccc(cc2)[C@@H](C(N)=O)NC1=O. The number of thioether (sulfide) groups is 1. The molecule has 18 heteroatoms. The molecule has 5 aliphatic rings. The van der Waals surface area contributed by atoms with E-state index in [1.54, 1.807) is 35.4 Å². The maximum atomic E-state index is 14.6. The highest BCUT2D eigenvalue weighted by Crippen LogP contribution is 2.30. The molecule has 1 aromatic heterocycles. The number of para-hydroxylation sites is 1. The average Bonchev–Trinajstić information content (AvgIpc) is 4.04. The number of H-pyrrole nitrogens is 1. The summed E-state index contributed by atoms with van der Waals surface area (Å²) in [6.45, 7) is 0.608. The summed E-state index contributed by atoms with van der Waals surface area (Å²) < 4.78 is 0. The molecule has 11 N–H and O–H groups in total. The van der Waals surface area contributed by atoms with E-state index < -0.39 is 65.8 Å². The van der Waals surface area contributed by atoms with Crippen molar-refractivity contribution in [1.29, 1.82) is 5.41 Å². The van der Waals surface area contributed by atoms with Gasteiger partial charge in [-0.1, -0.05) is 74.6 Å². The predicted molar refractivity (Wildman–Crippen MR) is 232 cm³/mol. The van der Waals surface area contributed by atoms with Crippen LogP contribution in [-0.4, -0.2) is 105 Å². The van der Waals surface area contributed by atoms with Gasteiger partial charge in [0, 0.05) is 47.9 Å². The number of nitrogens with one attached hydrogen (secondary N) is 7. The van der Waals surface area contributed by atoms with Crippen molar-refractivity contribution in [2.45, 2.75) is 107 Å². The molecule has 0 radical (unpaired) electrons. The third-order valence-corrected chi connectivity index (χ3v) is 13.2. The van der Waals surface area contributed by atoms with Crippen LogP contribution in [0, 0.1) is 11.3 Å². The fraction of sp³-hybridized carbons (Fsp3) is 0.488. The van der Waals surface area contributed by atoms with Gasteiger partial charge in [-0.25, -0.2) is 0 Å². The maximum Gasteiger partial charge on any atom is 0.248 e. The van der Waals surface area contributed by atoms with Crippen molar-refractivity contribution in [2.75, 3.05) is 18.8 Å². The molecule has 324 valence electrons. The summed E-state index contributed by atoms with van der Waals surface area (Å²) in [7, 11) is 0. The minimum absolute atomic E-state index is 0.0367. The zero-order valence-electron chi connectivity index (χ0n) is 34.0. The van der Waals surface area contributed by atoms with Crippen LogP contribution >= 0.6 is 11.8 Å². The quantitative estimate of drug-likeness (QED) is 0.0654. The second-order valence-corrected chi connectivity index (χ2v) is 17.4. The van der Waals surface area contributed by atoms with Crippen LogP contribution in [0.1, 0.15) is 86.9 Å². The zero-order valence-corrected chi connectivity index (χ0v) is 34.9. The van der Waals surface area contributed by atoms with Crippen LogP contribution in [0.25, 0.3) is 10.9 Å². The van der Waals surface area contributed by atoms with E-state index >= 15 is 0 Å². The van der Waals surface area contributed by atoms with Gasteiger partial charge in [-0.05, 0) is 55.2 Å². The first-order valence-corrected chi connectivity index (χ1v) is 22.2. The number of nitrogens with two attached hydrogens (primary N) is 2. The van der Waals surface area contributed by atoms with E-state index in [0.717, 1.165) is 48.6 Å². The monoisotopic (exact) mass is 853 g/mol. The van der Waals surface area contributed by atoms with Crippen molar-refractivity contribution in [1.82, 2.24) is 36.5 Å². The smallest absolute Gasteiger partial charge is 0.248 e. The molecule has 1 saturated heterocycles. The molecular formula is C43H55N11O6S. The van der Waals surface area contributed by atoms with E-state index in [1.807, 2.05) is 24.3 Å². The van der Waals surface area contributed by atoms with E-state index in [2.05, 4.69) is 31.6 Å². The molecule has 61 heavy (non-hydrogen) atoms. The number of aliphatic imine (C=N–C) groups is 1. The Kier molecular flexibility index (Phi) is 13.9. The topological polar surface area (TPSA) is 270 Å². The van der Waals surface area contributed by atoms with E-state index in [-0.39, 0.29) is 37.2 Å². The highest BCUT2D eigenvalue weighted by atomic mass is 32.2. The summed E-state index contributed by atoms with van der Waals surface area (Å²) >= 11 is 1.41. The predicted octanol–water partition coefficient (Wildman–Crippen LogP) is 1.61. The van der Waals surface area contributed by atoms with Gasteiger partial charge >= 0.3 is 0 Å². The maximum absolute atomic E-state index is 14.6. The number of aromatic nitrogens is 1. The molecule has 2 fully saturated rings. The van der Waals surface area contributed by atoms with Gasteiger partial charge in [0.15, 0.2) is 5.96 Å². The summed E-state index contributed by atoms with van der Waals surface area (Å²) in [6.07, 6.45) is 8.51. The van der Waals surface area contributed by atoms with Gasteiger partial charge < -0.3 is 47.9 Å². The van der Waals surface area contributed by atoms with Gasteiger partial charge in [0.2, 0.25) is 35.4 Å². The molecule has 2 aromatic carbocycles. The second kappa shape index (κ2) is 19.6. The lowest BCUT2D eigenvalue weighted by Gasteiger charge is -2.31. The van der Waals surface area contributed by atoms with Gasteiger partial charge in [0.1, 0.15) is 36.3 Å². The number of rotatable bonds is 9. The summed E-state index contributed by atoms with van der Waals surface area (Å²) in [5.41, 5.74) is 14.0. The summed E-state index contributed by atoms with van der Waals surface area (Å²) in [6, 6.07) is 8.16. The lowest BCUT2D eigenvalue weighted by molar-refractivity contribution is -0.140. The highest BCUT2D eigenvalue weighted by molar-refractivity contribution is 8.14. The Hall–Kier alpha value is -5.91. The second-order valence-electron chi connectivity index (χ2n) is 16.4. The van der Waals surface area contributed by atoms with Crippen molar-refractivity contribution in [2.24, 2.45) is 22.4 Å². The number of hydrogen-bond donors (Lipinski definition) is 9. The number of fused-ring (bicyclic) bond motifs is 14. The summed E-state index contributed by atoms with van der Waals surface area (Å²) in [5, 5.41) is 23.3. The van der Waals surface area contributed by atoms with Gasteiger partial charge in [-0.15, -0.1) is 11.8 Å². The fourth-order valence-corrected chi connectivity index (χ4v) is 9.90. The number of hydrogen-bond acceptors (Lipinski definition) is 9. The number of amides is 6. The van der Waals surface area contributed by atoms with Crippen molar-refractivity contribution >= 4 is 69.1 Å². The van der Waals surface area contributed by atoms with E-state index in [1.165, 1.54) is 11.8 Å². The summed E-state index contributed by atoms with van der Waals surface area (Å²) in [4.78, 5) is 94.0. The van der Waals surface area contributed by atoms with Gasteiger partial charge in [-0.3, -0.25) is 39.2 Å². The van der Waals surface area contributed by atoms with Crippen LogP contribution in [0.3, 0.4) is 0 Å². The van der Waals surface area contributed by atoms with Gasteiger partial charge in [0.05, 0.1) is 5.04 Å². The molecule has 0 spiro atoms. The Balaban J connectivity index is 1.25. The number of carbonyl (C=O) groups is 6. The van der Waals surface area contributed by atoms with Crippen LogP contribution in [0.4, 0.5) is 0 Å². The third-order valence-electron chi connectivity index (χ3n) is 12.1. The average molecular weight is 854 g/mol. The standard InChI is InChI=1S/C43H55N11O6S/c44-36(55)35-25-14-16-26(17-15-25)41-52-33(23-61-41)42(60)54-19-7-13-34(54)40(59)51-31(20-24-8-2-1-3-9-24)38(57)50-32(21-27-22-48-29-11-5-4-10-28(27)29)39(58)49-30(37(56)53-35)12-6-18-47-43(45)46/h4-5,10-11,14-17,22,24,30-35,48H,1-3,6-9,12-13,18-21,23H2,(H2,44,55)(H,49,58)(H,50,57)(H,51,59)(H,53,56)(H4,45,46,47)/t30-,31-,32+,33+,34+,35+/m1/s1. The molecular weight excluding hydrogens is 799 g/mol. The Bertz CT molecular complexity index is 2170. The number of aromatic amines is 1. The largest absolute Gasteiger partial charge is 0.370 e. The minimum atomic E-state index is -1.26. The molecule has 1 saturated carbocycles. The van der Waals surface area contributed by atoms with E-state index in [4.69, 9.17) is 21.9 Å². The molecule has 17 nitrogen and oxygen atoms in total. The van der Waals surface area contributed by atoms with Crippen LogP contribution in [0.15, 0.2) is 59.7 Å². The van der Waals surface area contributed by atoms with Gasteiger partial charge in [-0.2, -0.15) is 0 Å². The number of nitrogens with zero attached hydrogens (tertiary/aromatic N) is 2. The molecule has 8 rings (SSSR count).